The summed E-state index contributed by atoms with van der Waals surface area (Å²) in [6, 6.07) is 3.19. The zero-order valence-corrected chi connectivity index (χ0v) is 13.0. The molecular formula is C12H14ClN3O2S2. The van der Waals surface area contributed by atoms with Gasteiger partial charge in [-0.3, -0.25) is 0 Å². The summed E-state index contributed by atoms with van der Waals surface area (Å²) in [4.78, 5) is 7.35. The van der Waals surface area contributed by atoms with Crippen LogP contribution >= 0.6 is 22.9 Å². The largest absolute Gasteiger partial charge is 0.348 e. The molecule has 8 heteroatoms. The number of H-pyrrole nitrogens is 1. The molecule has 3 rings (SSSR count). The second-order valence-corrected chi connectivity index (χ2v) is 8.59. The number of nitrogens with zero attached hydrogens (tertiary/aromatic N) is 2. The summed E-state index contributed by atoms with van der Waals surface area (Å²) in [5.41, 5.74) is 0. The van der Waals surface area contributed by atoms with Crippen LogP contribution in [0.15, 0.2) is 28.7 Å². The van der Waals surface area contributed by atoms with E-state index in [1.807, 2.05) is 0 Å². The molecule has 1 aliphatic heterocycles. The van der Waals surface area contributed by atoms with Gasteiger partial charge >= 0.3 is 0 Å². The molecule has 2 aromatic rings. The van der Waals surface area contributed by atoms with E-state index in [2.05, 4.69) is 9.97 Å². The average Bonchev–Trinajstić information content (AvgIpc) is 3.10. The second kappa shape index (κ2) is 5.48. The molecule has 1 aliphatic rings. The summed E-state index contributed by atoms with van der Waals surface area (Å²) in [5.74, 6) is 1.25. The van der Waals surface area contributed by atoms with Crippen molar-refractivity contribution in [3.63, 3.8) is 0 Å². The van der Waals surface area contributed by atoms with Crippen molar-refractivity contribution in [3.8, 4) is 0 Å². The van der Waals surface area contributed by atoms with Crippen LogP contribution in [0.4, 0.5) is 0 Å². The summed E-state index contributed by atoms with van der Waals surface area (Å²) in [7, 11) is -3.40. The number of aromatic nitrogens is 2. The molecule has 0 aliphatic carbocycles. The van der Waals surface area contributed by atoms with E-state index in [4.69, 9.17) is 11.6 Å². The molecule has 1 fully saturated rings. The smallest absolute Gasteiger partial charge is 0.252 e. The van der Waals surface area contributed by atoms with E-state index < -0.39 is 10.0 Å². The lowest BCUT2D eigenvalue weighted by molar-refractivity contribution is 0.315. The maximum absolute atomic E-state index is 12.4. The fourth-order valence-electron chi connectivity index (χ4n) is 2.43. The van der Waals surface area contributed by atoms with Crippen LogP contribution in [-0.4, -0.2) is 35.8 Å². The minimum absolute atomic E-state index is 0.309. The third-order valence-electron chi connectivity index (χ3n) is 3.50. The summed E-state index contributed by atoms with van der Waals surface area (Å²) < 4.78 is 27.2. The van der Waals surface area contributed by atoms with Gasteiger partial charge in [0.05, 0.1) is 4.34 Å². The van der Waals surface area contributed by atoms with Crippen molar-refractivity contribution in [1.29, 1.82) is 0 Å². The first-order valence-corrected chi connectivity index (χ1v) is 8.95. The number of hydrogen-bond donors (Lipinski definition) is 1. The molecule has 1 saturated heterocycles. The van der Waals surface area contributed by atoms with E-state index >= 15 is 0 Å². The van der Waals surface area contributed by atoms with Gasteiger partial charge in [0.2, 0.25) is 0 Å². The second-order valence-electron chi connectivity index (χ2n) is 4.71. The number of thiophene rings is 1. The van der Waals surface area contributed by atoms with Crippen molar-refractivity contribution < 1.29 is 8.42 Å². The highest BCUT2D eigenvalue weighted by atomic mass is 35.5. The Hall–Kier alpha value is -0.890. The Labute approximate surface area is 126 Å². The van der Waals surface area contributed by atoms with Crippen LogP contribution in [0, 0.1) is 0 Å². The van der Waals surface area contributed by atoms with Crippen LogP contribution in [0.1, 0.15) is 24.6 Å². The van der Waals surface area contributed by atoms with E-state index in [1.165, 1.54) is 4.31 Å². The lowest BCUT2D eigenvalue weighted by atomic mass is 9.98. The van der Waals surface area contributed by atoms with E-state index in [-0.39, 0.29) is 0 Å². The van der Waals surface area contributed by atoms with Crippen LogP contribution < -0.4 is 0 Å². The molecule has 0 unspecified atom stereocenters. The van der Waals surface area contributed by atoms with Crippen LogP contribution in [-0.2, 0) is 10.0 Å². The molecule has 0 saturated carbocycles. The van der Waals surface area contributed by atoms with Gasteiger partial charge < -0.3 is 4.98 Å². The Morgan fingerprint density at radius 3 is 2.65 bits per heavy atom. The maximum atomic E-state index is 12.4. The van der Waals surface area contributed by atoms with Crippen molar-refractivity contribution in [2.75, 3.05) is 13.1 Å². The Balaban J connectivity index is 1.72. The number of hydrogen-bond acceptors (Lipinski definition) is 4. The van der Waals surface area contributed by atoms with Gasteiger partial charge in [-0.05, 0) is 25.0 Å². The van der Waals surface area contributed by atoms with Crippen molar-refractivity contribution >= 4 is 33.0 Å². The normalized spacial score (nSPS) is 18.4. The third-order valence-corrected chi connectivity index (χ3v) is 7.10. The summed E-state index contributed by atoms with van der Waals surface area (Å²) >= 11 is 6.92. The molecule has 20 heavy (non-hydrogen) atoms. The molecule has 0 radical (unpaired) electrons. The van der Waals surface area contributed by atoms with Gasteiger partial charge in [0.1, 0.15) is 10.0 Å². The fourth-order valence-corrected chi connectivity index (χ4v) is 5.54. The van der Waals surface area contributed by atoms with E-state index in [1.54, 1.807) is 24.5 Å². The van der Waals surface area contributed by atoms with Crippen LogP contribution in [0.3, 0.4) is 0 Å². The summed E-state index contributed by atoms with van der Waals surface area (Å²) in [6.07, 6.45) is 5.09. The molecule has 0 bridgehead atoms. The minimum atomic E-state index is -3.40. The summed E-state index contributed by atoms with van der Waals surface area (Å²) in [6.45, 7) is 1.03. The molecule has 2 aromatic heterocycles. The Kier molecular flexibility index (Phi) is 3.85. The van der Waals surface area contributed by atoms with Crippen molar-refractivity contribution in [2.24, 2.45) is 0 Å². The van der Waals surface area contributed by atoms with Crippen LogP contribution in [0.25, 0.3) is 0 Å². The number of imidazole rings is 1. The number of halogens is 1. The van der Waals surface area contributed by atoms with E-state index in [9.17, 15) is 8.42 Å². The maximum Gasteiger partial charge on any atom is 0.252 e. The molecule has 5 nitrogen and oxygen atoms in total. The number of rotatable bonds is 3. The molecule has 0 amide bonds. The predicted octanol–water partition coefficient (Wildman–Crippen LogP) is 2.69. The van der Waals surface area contributed by atoms with Gasteiger partial charge in [0.15, 0.2) is 0 Å². The number of piperidine rings is 1. The number of nitrogens with one attached hydrogen (secondary N) is 1. The Morgan fingerprint density at radius 2 is 2.10 bits per heavy atom. The first-order chi connectivity index (χ1) is 9.57. The molecule has 1 N–H and O–H groups in total. The van der Waals surface area contributed by atoms with Crippen molar-refractivity contribution in [1.82, 2.24) is 14.3 Å². The zero-order chi connectivity index (χ0) is 14.2. The standard InChI is InChI=1S/C12H14ClN3O2S2/c13-10-1-2-11(19-10)20(17,18)16-7-3-9(4-8-16)12-14-5-6-15-12/h1-2,5-6,9H,3-4,7-8H2,(H,14,15). The molecule has 108 valence electrons. The number of sulfonamides is 1. The van der Waals surface area contributed by atoms with Gasteiger partial charge in [-0.2, -0.15) is 4.31 Å². The minimum Gasteiger partial charge on any atom is -0.348 e. The lowest BCUT2D eigenvalue weighted by Gasteiger charge is -2.29. The highest BCUT2D eigenvalue weighted by Crippen LogP contribution is 2.32. The Bertz CT molecular complexity index is 673. The van der Waals surface area contributed by atoms with Crippen molar-refractivity contribution in [2.45, 2.75) is 23.0 Å². The van der Waals surface area contributed by atoms with Gasteiger partial charge in [0, 0.05) is 31.4 Å². The first kappa shape index (κ1) is 14.1. The van der Waals surface area contributed by atoms with Gasteiger partial charge in [-0.1, -0.05) is 11.6 Å². The highest BCUT2D eigenvalue weighted by Gasteiger charge is 2.31. The monoisotopic (exact) mass is 331 g/mol. The van der Waals surface area contributed by atoms with Crippen LogP contribution in [0.2, 0.25) is 4.34 Å². The van der Waals surface area contributed by atoms with Gasteiger partial charge in [-0.25, -0.2) is 13.4 Å². The average molecular weight is 332 g/mol. The fraction of sp³-hybridized carbons (Fsp3) is 0.417. The molecule has 3 heterocycles. The SMILES string of the molecule is O=S(=O)(c1ccc(Cl)s1)N1CCC(c2ncc[nH]2)CC1. The van der Waals surface area contributed by atoms with Gasteiger partial charge in [-0.15, -0.1) is 11.3 Å². The van der Waals surface area contributed by atoms with Crippen molar-refractivity contribution in [3.05, 3.63) is 34.7 Å². The quantitative estimate of drug-likeness (QED) is 0.940. The van der Waals surface area contributed by atoms with Crippen LogP contribution in [0.5, 0.6) is 0 Å². The van der Waals surface area contributed by atoms with E-state index in [0.29, 0.717) is 27.6 Å². The third kappa shape index (κ3) is 2.63. The molecule has 0 spiro atoms. The number of aromatic amines is 1. The lowest BCUT2D eigenvalue weighted by Crippen LogP contribution is -2.37. The van der Waals surface area contributed by atoms with E-state index in [0.717, 1.165) is 30.0 Å². The topological polar surface area (TPSA) is 66.1 Å². The molecule has 0 atom stereocenters. The molecular weight excluding hydrogens is 318 g/mol. The Morgan fingerprint density at radius 1 is 1.35 bits per heavy atom. The summed E-state index contributed by atoms with van der Waals surface area (Å²) in [5, 5.41) is 0. The zero-order valence-electron chi connectivity index (χ0n) is 10.6. The molecule has 0 aromatic carbocycles. The highest BCUT2D eigenvalue weighted by molar-refractivity contribution is 7.91. The van der Waals surface area contributed by atoms with Gasteiger partial charge in [0.25, 0.3) is 10.0 Å². The predicted molar refractivity (Wildman–Crippen MR) is 78.7 cm³/mol. The first-order valence-electron chi connectivity index (χ1n) is 6.32.